The average Bonchev–Trinajstić information content (AvgIpc) is 3.49. The summed E-state index contributed by atoms with van der Waals surface area (Å²) in [5.41, 5.74) is 1.34. The van der Waals surface area contributed by atoms with Crippen molar-refractivity contribution in [3.63, 3.8) is 0 Å². The minimum Gasteiger partial charge on any atom is -0.332 e. The molecule has 1 fully saturated rings. The third-order valence-corrected chi connectivity index (χ3v) is 4.88. The van der Waals surface area contributed by atoms with E-state index >= 15 is 0 Å². The van der Waals surface area contributed by atoms with Crippen LogP contribution in [0.5, 0.6) is 0 Å². The normalized spacial score (nSPS) is 17.1. The maximum absolute atomic E-state index is 5.39. The quantitative estimate of drug-likeness (QED) is 0.573. The van der Waals surface area contributed by atoms with Gasteiger partial charge in [-0.1, -0.05) is 10.4 Å². The Morgan fingerprint density at radius 1 is 1.25 bits per heavy atom. The topological polar surface area (TPSA) is 112 Å². The van der Waals surface area contributed by atoms with Crippen LogP contribution in [0, 0.1) is 6.92 Å². The molecule has 0 spiro atoms. The minimum atomic E-state index is 0.306. The van der Waals surface area contributed by atoms with E-state index in [2.05, 4.69) is 35.7 Å². The highest BCUT2D eigenvalue weighted by molar-refractivity contribution is 5.57. The summed E-state index contributed by atoms with van der Waals surface area (Å²) in [7, 11) is 0. The van der Waals surface area contributed by atoms with Crippen LogP contribution in [0.3, 0.4) is 0 Å². The Balaban J connectivity index is 1.36. The molecule has 10 heteroatoms. The lowest BCUT2D eigenvalue weighted by atomic mass is 10.1. The van der Waals surface area contributed by atoms with Crippen LogP contribution in [-0.2, 0) is 0 Å². The molecule has 28 heavy (non-hydrogen) atoms. The summed E-state index contributed by atoms with van der Waals surface area (Å²) in [6.45, 7) is 3.88. The molecule has 0 amide bonds. The molecule has 1 aliphatic rings. The molecule has 0 aromatic carbocycles. The number of hydrogen-bond donors (Lipinski definition) is 1. The number of aromatic nitrogens is 8. The van der Waals surface area contributed by atoms with Crippen molar-refractivity contribution in [1.29, 1.82) is 0 Å². The summed E-state index contributed by atoms with van der Waals surface area (Å²) in [5.74, 6) is 2.47. The van der Waals surface area contributed by atoms with Gasteiger partial charge < -0.3 is 9.84 Å². The monoisotopic (exact) mass is 377 g/mol. The largest absolute Gasteiger partial charge is 0.332 e. The van der Waals surface area contributed by atoms with Crippen molar-refractivity contribution in [2.24, 2.45) is 0 Å². The van der Waals surface area contributed by atoms with Crippen LogP contribution in [0.2, 0.25) is 0 Å². The van der Waals surface area contributed by atoms with E-state index in [1.54, 1.807) is 12.4 Å². The third-order valence-electron chi connectivity index (χ3n) is 4.88. The van der Waals surface area contributed by atoms with E-state index in [0.717, 1.165) is 43.1 Å². The number of rotatable bonds is 4. The molecule has 4 aromatic heterocycles. The summed E-state index contributed by atoms with van der Waals surface area (Å²) < 4.78 is 9.17. The summed E-state index contributed by atoms with van der Waals surface area (Å²) >= 11 is 0. The molecule has 1 aliphatic heterocycles. The molecule has 142 valence electrons. The number of aryl methyl sites for hydroxylation is 1. The average molecular weight is 377 g/mol. The smallest absolute Gasteiger partial charge is 0.280 e. The van der Waals surface area contributed by atoms with Crippen LogP contribution < -0.4 is 5.32 Å². The maximum Gasteiger partial charge on any atom is 0.280 e. The Labute approximate surface area is 160 Å². The van der Waals surface area contributed by atoms with Gasteiger partial charge in [0.05, 0.1) is 12.2 Å². The van der Waals surface area contributed by atoms with Crippen LogP contribution in [0.15, 0.2) is 41.4 Å². The predicted octanol–water partition coefficient (Wildman–Crippen LogP) is 1.81. The van der Waals surface area contributed by atoms with Crippen molar-refractivity contribution in [1.82, 2.24) is 45.0 Å². The maximum atomic E-state index is 5.39. The molecule has 0 aliphatic carbocycles. The van der Waals surface area contributed by atoms with Gasteiger partial charge in [0.25, 0.3) is 5.89 Å². The molecule has 1 atom stereocenters. The van der Waals surface area contributed by atoms with E-state index in [1.165, 1.54) is 0 Å². The van der Waals surface area contributed by atoms with Crippen LogP contribution in [0.25, 0.3) is 28.8 Å². The van der Waals surface area contributed by atoms with Gasteiger partial charge >= 0.3 is 0 Å². The van der Waals surface area contributed by atoms with E-state index in [-0.39, 0.29) is 0 Å². The molecule has 1 N–H and O–H groups in total. The number of nitrogens with zero attached hydrogens (tertiary/aromatic N) is 8. The van der Waals surface area contributed by atoms with Gasteiger partial charge in [-0.25, -0.2) is 14.6 Å². The Bertz CT molecular complexity index is 1070. The molecule has 0 bridgehead atoms. The summed E-state index contributed by atoms with van der Waals surface area (Å²) in [4.78, 5) is 13.1. The number of imidazole rings is 1. The van der Waals surface area contributed by atoms with Crippen molar-refractivity contribution < 1.29 is 4.52 Å². The molecule has 0 saturated carbocycles. The SMILES string of the molecule is Cc1nccn1-c1ccc(-c2noc(-c3cn(C4CCCNC4)nn3)n2)cn1. The first-order valence-corrected chi connectivity index (χ1v) is 9.21. The molecule has 5 rings (SSSR count). The number of pyridine rings is 1. The first kappa shape index (κ1) is 16.8. The van der Waals surface area contributed by atoms with Gasteiger partial charge in [0.1, 0.15) is 11.6 Å². The Morgan fingerprint density at radius 3 is 2.96 bits per heavy atom. The van der Waals surface area contributed by atoms with Crippen molar-refractivity contribution in [3.8, 4) is 28.8 Å². The third kappa shape index (κ3) is 3.07. The number of nitrogens with one attached hydrogen (secondary N) is 1. The molecule has 5 heterocycles. The second-order valence-electron chi connectivity index (χ2n) is 6.76. The van der Waals surface area contributed by atoms with Gasteiger partial charge in [-0.3, -0.25) is 4.57 Å². The van der Waals surface area contributed by atoms with Crippen molar-refractivity contribution in [3.05, 3.63) is 42.7 Å². The Kier molecular flexibility index (Phi) is 4.17. The van der Waals surface area contributed by atoms with E-state index in [4.69, 9.17) is 4.52 Å². The van der Waals surface area contributed by atoms with E-state index in [0.29, 0.717) is 23.5 Å². The summed E-state index contributed by atoms with van der Waals surface area (Å²) in [5, 5.41) is 15.8. The molecule has 4 aromatic rings. The van der Waals surface area contributed by atoms with Gasteiger partial charge in [-0.15, -0.1) is 5.10 Å². The van der Waals surface area contributed by atoms with Crippen molar-refractivity contribution in [2.75, 3.05) is 13.1 Å². The zero-order chi connectivity index (χ0) is 18.9. The zero-order valence-corrected chi connectivity index (χ0v) is 15.4. The lowest BCUT2D eigenvalue weighted by molar-refractivity contribution is 0.341. The molecular formula is C18H19N9O. The molecule has 1 saturated heterocycles. The van der Waals surface area contributed by atoms with E-state index in [1.807, 2.05) is 40.7 Å². The molecule has 0 radical (unpaired) electrons. The fourth-order valence-electron chi connectivity index (χ4n) is 3.34. The Morgan fingerprint density at radius 2 is 2.21 bits per heavy atom. The molecule has 1 unspecified atom stereocenters. The zero-order valence-electron chi connectivity index (χ0n) is 15.4. The van der Waals surface area contributed by atoms with Gasteiger partial charge in [0.2, 0.25) is 5.82 Å². The highest BCUT2D eigenvalue weighted by atomic mass is 16.5. The predicted molar refractivity (Wildman–Crippen MR) is 99.5 cm³/mol. The van der Waals surface area contributed by atoms with Crippen LogP contribution in [-0.4, -0.2) is 52.8 Å². The highest BCUT2D eigenvalue weighted by Gasteiger charge is 2.19. The first-order valence-electron chi connectivity index (χ1n) is 9.21. The Hall–Kier alpha value is -3.40. The van der Waals surface area contributed by atoms with E-state index in [9.17, 15) is 0 Å². The lowest BCUT2D eigenvalue weighted by Gasteiger charge is -2.22. The van der Waals surface area contributed by atoms with Crippen molar-refractivity contribution in [2.45, 2.75) is 25.8 Å². The fourth-order valence-corrected chi connectivity index (χ4v) is 3.34. The van der Waals surface area contributed by atoms with Gasteiger partial charge in [-0.2, -0.15) is 4.98 Å². The number of hydrogen-bond acceptors (Lipinski definition) is 8. The minimum absolute atomic E-state index is 0.306. The first-order chi connectivity index (χ1) is 13.8. The van der Waals surface area contributed by atoms with Crippen LogP contribution in [0.4, 0.5) is 0 Å². The van der Waals surface area contributed by atoms with Crippen molar-refractivity contribution >= 4 is 0 Å². The van der Waals surface area contributed by atoms with E-state index < -0.39 is 0 Å². The fraction of sp³-hybridized carbons (Fsp3) is 0.333. The van der Waals surface area contributed by atoms with Crippen LogP contribution in [0.1, 0.15) is 24.7 Å². The second kappa shape index (κ2) is 6.97. The second-order valence-corrected chi connectivity index (χ2v) is 6.76. The highest BCUT2D eigenvalue weighted by Crippen LogP contribution is 2.23. The lowest BCUT2D eigenvalue weighted by Crippen LogP contribution is -2.31. The van der Waals surface area contributed by atoms with Gasteiger partial charge in [0.15, 0.2) is 5.69 Å². The number of piperidine rings is 1. The van der Waals surface area contributed by atoms with Gasteiger partial charge in [0, 0.05) is 30.7 Å². The summed E-state index contributed by atoms with van der Waals surface area (Å²) in [6.07, 6.45) is 9.40. The van der Waals surface area contributed by atoms with Crippen LogP contribution >= 0.6 is 0 Å². The standard InChI is InChI=1S/C18H19N9O/c1-12-20-7-8-26(12)16-5-4-13(9-21-16)17-22-18(28-24-17)15-11-27(25-23-15)14-3-2-6-19-10-14/h4-5,7-9,11,14,19H,2-3,6,10H2,1H3. The molecule has 10 nitrogen and oxygen atoms in total. The van der Waals surface area contributed by atoms with Gasteiger partial charge in [-0.05, 0) is 38.4 Å². The summed E-state index contributed by atoms with van der Waals surface area (Å²) in [6, 6.07) is 4.11. The molecular weight excluding hydrogens is 358 g/mol.